The van der Waals surface area contributed by atoms with Crippen molar-refractivity contribution in [3.63, 3.8) is 0 Å². The number of rotatable bonds is 10. The zero-order valence-corrected chi connectivity index (χ0v) is 19.6. The lowest BCUT2D eigenvalue weighted by atomic mass is 10.1. The summed E-state index contributed by atoms with van der Waals surface area (Å²) in [5.41, 5.74) is 2.09. The topological polar surface area (TPSA) is 0 Å². The highest BCUT2D eigenvalue weighted by atomic mass is 35.5. The molecule has 2 rings (SSSR count). The molecular weight excluding hydrogens is 438 g/mol. The summed E-state index contributed by atoms with van der Waals surface area (Å²) < 4.78 is -1.23. The van der Waals surface area contributed by atoms with Crippen LogP contribution in [0.4, 0.5) is 0 Å². The molecule has 0 heterocycles. The number of halogens is 4. The number of thioether (sulfide) groups is 1. The Morgan fingerprint density at radius 2 is 1.00 bits per heavy atom. The van der Waals surface area contributed by atoms with Gasteiger partial charge in [0.2, 0.25) is 0 Å². The zero-order chi connectivity index (χ0) is 19.9. The largest absolute Gasteiger partial charge is 0.117 e. The Morgan fingerprint density at radius 1 is 0.667 bits per heavy atom. The van der Waals surface area contributed by atoms with Crippen LogP contribution in [0.15, 0.2) is 48.5 Å². The summed E-state index contributed by atoms with van der Waals surface area (Å²) in [5.74, 6) is 0. The first-order valence-electron chi connectivity index (χ1n) is 9.43. The van der Waals surface area contributed by atoms with E-state index in [0.717, 1.165) is 49.7 Å². The molecule has 0 spiro atoms. The van der Waals surface area contributed by atoms with Crippen molar-refractivity contribution < 1.29 is 0 Å². The molecule has 0 nitrogen and oxygen atoms in total. The van der Waals surface area contributed by atoms with E-state index in [1.807, 2.05) is 48.5 Å². The standard InChI is InChI=1S/C22H26Cl4S/c1-3-5-15-21(25,17-7-11-19(23)12-8-17)27-22(26,16-6-4-2)18-9-13-20(24)14-10-18/h7-14H,3-6,15-16H2,1-2H3. The van der Waals surface area contributed by atoms with Crippen molar-refractivity contribution in [1.29, 1.82) is 0 Å². The van der Waals surface area contributed by atoms with Crippen molar-refractivity contribution in [3.8, 4) is 0 Å². The number of alkyl halides is 2. The molecular formula is C22H26Cl4S. The second-order valence-corrected chi connectivity index (χ2v) is 11.0. The fourth-order valence-corrected chi connectivity index (χ4v) is 6.16. The Morgan fingerprint density at radius 3 is 1.30 bits per heavy atom. The second-order valence-electron chi connectivity index (χ2n) is 6.78. The van der Waals surface area contributed by atoms with Crippen LogP contribution >= 0.6 is 58.2 Å². The fourth-order valence-electron chi connectivity index (χ4n) is 2.97. The Hall–Kier alpha value is -0.0500. The molecule has 0 aromatic heterocycles. The SMILES string of the molecule is CCCCC(Cl)(SC(Cl)(CCCC)c1ccc(Cl)cc1)c1ccc(Cl)cc1. The summed E-state index contributed by atoms with van der Waals surface area (Å²) in [6, 6.07) is 15.6. The van der Waals surface area contributed by atoms with E-state index in [4.69, 9.17) is 46.4 Å². The second kappa shape index (κ2) is 10.6. The lowest BCUT2D eigenvalue weighted by Crippen LogP contribution is -2.24. The van der Waals surface area contributed by atoms with Crippen LogP contribution in [0.25, 0.3) is 0 Å². The predicted molar refractivity (Wildman–Crippen MR) is 125 cm³/mol. The molecule has 2 unspecified atom stereocenters. The van der Waals surface area contributed by atoms with Crippen molar-refractivity contribution in [3.05, 3.63) is 69.7 Å². The molecule has 0 aliphatic rings. The van der Waals surface area contributed by atoms with Gasteiger partial charge in [-0.05, 0) is 48.2 Å². The van der Waals surface area contributed by atoms with Gasteiger partial charge in [0.1, 0.15) is 8.41 Å². The molecule has 0 N–H and O–H groups in total. The lowest BCUT2D eigenvalue weighted by molar-refractivity contribution is 0.637. The molecule has 27 heavy (non-hydrogen) atoms. The smallest absolute Gasteiger partial charge is 0.106 e. The predicted octanol–water partition coefficient (Wildman–Crippen LogP) is 9.59. The first-order valence-corrected chi connectivity index (χ1v) is 11.8. The molecule has 0 saturated carbocycles. The minimum Gasteiger partial charge on any atom is -0.106 e. The van der Waals surface area contributed by atoms with Gasteiger partial charge < -0.3 is 0 Å². The molecule has 0 saturated heterocycles. The lowest BCUT2D eigenvalue weighted by Gasteiger charge is -2.37. The average Bonchev–Trinajstić information content (AvgIpc) is 2.65. The van der Waals surface area contributed by atoms with Crippen molar-refractivity contribution in [2.24, 2.45) is 0 Å². The maximum Gasteiger partial charge on any atom is 0.117 e. The van der Waals surface area contributed by atoms with Crippen molar-refractivity contribution in [2.75, 3.05) is 0 Å². The van der Waals surface area contributed by atoms with Crippen LogP contribution in [0.3, 0.4) is 0 Å². The van der Waals surface area contributed by atoms with Crippen LogP contribution in [0.2, 0.25) is 10.0 Å². The van der Waals surface area contributed by atoms with Gasteiger partial charge in [0.05, 0.1) is 0 Å². The van der Waals surface area contributed by atoms with Gasteiger partial charge in [0.15, 0.2) is 0 Å². The van der Waals surface area contributed by atoms with Gasteiger partial charge in [-0.3, -0.25) is 0 Å². The average molecular weight is 464 g/mol. The fraction of sp³-hybridized carbons (Fsp3) is 0.455. The summed E-state index contributed by atoms with van der Waals surface area (Å²) in [6.45, 7) is 4.35. The third kappa shape index (κ3) is 6.47. The number of hydrogen-bond donors (Lipinski definition) is 0. The van der Waals surface area contributed by atoms with E-state index in [9.17, 15) is 0 Å². The van der Waals surface area contributed by atoms with Crippen LogP contribution in [-0.2, 0) is 8.41 Å². The number of hydrogen-bond acceptors (Lipinski definition) is 1. The van der Waals surface area contributed by atoms with E-state index in [0.29, 0.717) is 10.0 Å². The quantitative estimate of drug-likeness (QED) is 0.316. The van der Waals surface area contributed by atoms with E-state index < -0.39 is 8.41 Å². The van der Waals surface area contributed by atoms with E-state index in [-0.39, 0.29) is 0 Å². The minimum absolute atomic E-state index is 0.615. The monoisotopic (exact) mass is 462 g/mol. The van der Waals surface area contributed by atoms with Crippen molar-refractivity contribution >= 4 is 58.2 Å². The Bertz CT molecular complexity index is 640. The maximum atomic E-state index is 7.25. The molecule has 2 aromatic carbocycles. The van der Waals surface area contributed by atoms with Gasteiger partial charge in [-0.1, -0.05) is 87.0 Å². The number of unbranched alkanes of at least 4 members (excludes halogenated alkanes) is 2. The van der Waals surface area contributed by atoms with Crippen molar-refractivity contribution in [2.45, 2.75) is 60.8 Å². The Kier molecular flexibility index (Phi) is 9.16. The molecule has 2 aromatic rings. The molecule has 0 radical (unpaired) electrons. The van der Waals surface area contributed by atoms with Gasteiger partial charge in [-0.25, -0.2) is 0 Å². The number of benzene rings is 2. The summed E-state index contributed by atoms with van der Waals surface area (Å²) in [6.07, 6.45) is 5.89. The third-order valence-electron chi connectivity index (χ3n) is 4.58. The molecule has 0 amide bonds. The Balaban J connectivity index is 2.42. The first kappa shape index (κ1) is 23.2. The first-order chi connectivity index (χ1) is 12.8. The zero-order valence-electron chi connectivity index (χ0n) is 15.8. The third-order valence-corrected chi connectivity index (χ3v) is 7.89. The molecule has 2 atom stereocenters. The van der Waals surface area contributed by atoms with Gasteiger partial charge in [-0.2, -0.15) is 0 Å². The molecule has 5 heteroatoms. The van der Waals surface area contributed by atoms with Crippen LogP contribution < -0.4 is 0 Å². The van der Waals surface area contributed by atoms with Gasteiger partial charge in [0.25, 0.3) is 0 Å². The molecule has 0 aliphatic carbocycles. The minimum atomic E-state index is -0.615. The van der Waals surface area contributed by atoms with Crippen LogP contribution in [-0.4, -0.2) is 0 Å². The summed E-state index contributed by atoms with van der Waals surface area (Å²) >= 11 is 28.3. The maximum absolute atomic E-state index is 7.25. The van der Waals surface area contributed by atoms with E-state index >= 15 is 0 Å². The van der Waals surface area contributed by atoms with Crippen LogP contribution in [0.5, 0.6) is 0 Å². The van der Waals surface area contributed by atoms with Crippen molar-refractivity contribution in [1.82, 2.24) is 0 Å². The molecule has 148 valence electrons. The normalized spacial score (nSPS) is 15.9. The highest BCUT2D eigenvalue weighted by Crippen LogP contribution is 2.58. The van der Waals surface area contributed by atoms with E-state index in [2.05, 4.69) is 13.8 Å². The van der Waals surface area contributed by atoms with Crippen LogP contribution in [0.1, 0.15) is 63.5 Å². The molecule has 0 bridgehead atoms. The van der Waals surface area contributed by atoms with Gasteiger partial charge in [-0.15, -0.1) is 35.0 Å². The van der Waals surface area contributed by atoms with E-state index in [1.165, 1.54) is 0 Å². The Labute approximate surface area is 187 Å². The van der Waals surface area contributed by atoms with Crippen LogP contribution in [0, 0.1) is 0 Å². The summed E-state index contributed by atoms with van der Waals surface area (Å²) in [5, 5.41) is 1.41. The highest BCUT2D eigenvalue weighted by molar-refractivity contribution is 8.03. The van der Waals surface area contributed by atoms with Gasteiger partial charge >= 0.3 is 0 Å². The van der Waals surface area contributed by atoms with Gasteiger partial charge in [0, 0.05) is 10.0 Å². The van der Waals surface area contributed by atoms with E-state index in [1.54, 1.807) is 11.8 Å². The molecule has 0 aliphatic heterocycles. The highest BCUT2D eigenvalue weighted by Gasteiger charge is 2.41. The molecule has 0 fully saturated rings. The summed E-state index contributed by atoms with van der Waals surface area (Å²) in [7, 11) is 0. The summed E-state index contributed by atoms with van der Waals surface area (Å²) in [4.78, 5) is 0.